The number of rotatable bonds is 17. The van der Waals surface area contributed by atoms with E-state index in [9.17, 15) is 34.2 Å². The lowest BCUT2D eigenvalue weighted by Gasteiger charge is -2.26. The summed E-state index contributed by atoms with van der Waals surface area (Å²) in [7, 11) is 0. The number of aliphatic carboxylic acids is 2. The molecule has 0 aliphatic carbocycles. The first-order valence-electron chi connectivity index (χ1n) is 12.4. The maximum Gasteiger partial charge on any atom is 0.326 e. The molecule has 0 saturated carbocycles. The van der Waals surface area contributed by atoms with Gasteiger partial charge < -0.3 is 42.7 Å². The zero-order valence-corrected chi connectivity index (χ0v) is 21.7. The molecule has 1 aromatic carbocycles. The number of amides is 3. The summed E-state index contributed by atoms with van der Waals surface area (Å²) in [5.74, 6) is -4.93. The van der Waals surface area contributed by atoms with Gasteiger partial charge in [-0.3, -0.25) is 19.2 Å². The smallest absolute Gasteiger partial charge is 0.326 e. The van der Waals surface area contributed by atoms with Crippen LogP contribution in [0.25, 0.3) is 0 Å². The third kappa shape index (κ3) is 11.6. The van der Waals surface area contributed by atoms with Crippen LogP contribution in [0, 0.1) is 5.92 Å². The molecule has 10 N–H and O–H groups in total. The largest absolute Gasteiger partial charge is 0.508 e. The first kappa shape index (κ1) is 32.3. The Bertz CT molecular complexity index is 954. The Morgan fingerprint density at radius 2 is 1.42 bits per heavy atom. The van der Waals surface area contributed by atoms with E-state index in [0.717, 1.165) is 0 Å². The lowest BCUT2D eigenvalue weighted by Crippen LogP contribution is -2.58. The monoisotopic (exact) mass is 537 g/mol. The fraction of sp³-hybridized carbons (Fsp3) is 0.560. The molecule has 3 amide bonds. The topological polar surface area (TPSA) is 234 Å². The SMILES string of the molecule is CC(C)C(NC(=O)C(Cc1ccc(O)cc1)NC(=O)C(CCCCN)NC(=O)C(N)CCC(=O)O)C(=O)O. The molecule has 0 aliphatic heterocycles. The summed E-state index contributed by atoms with van der Waals surface area (Å²) in [5, 5.41) is 35.4. The van der Waals surface area contributed by atoms with Gasteiger partial charge in [0.15, 0.2) is 0 Å². The van der Waals surface area contributed by atoms with Crippen LogP contribution >= 0.6 is 0 Å². The van der Waals surface area contributed by atoms with E-state index in [-0.39, 0.29) is 31.4 Å². The molecule has 1 aromatic rings. The minimum Gasteiger partial charge on any atom is -0.508 e. The Morgan fingerprint density at radius 3 is 1.95 bits per heavy atom. The zero-order chi connectivity index (χ0) is 28.8. The number of carboxylic acids is 2. The number of hydrogen-bond donors (Lipinski definition) is 8. The third-order valence-electron chi connectivity index (χ3n) is 5.83. The molecule has 0 spiro atoms. The van der Waals surface area contributed by atoms with Gasteiger partial charge in [-0.25, -0.2) is 4.79 Å². The maximum atomic E-state index is 13.2. The van der Waals surface area contributed by atoms with Crippen LogP contribution < -0.4 is 27.4 Å². The average molecular weight is 538 g/mol. The van der Waals surface area contributed by atoms with Gasteiger partial charge in [0.25, 0.3) is 0 Å². The van der Waals surface area contributed by atoms with Crippen molar-refractivity contribution in [2.45, 2.75) is 76.5 Å². The number of benzene rings is 1. The molecule has 13 nitrogen and oxygen atoms in total. The molecule has 13 heteroatoms. The van der Waals surface area contributed by atoms with E-state index in [1.807, 2.05) is 0 Å². The van der Waals surface area contributed by atoms with Gasteiger partial charge in [0.1, 0.15) is 23.9 Å². The van der Waals surface area contributed by atoms with Gasteiger partial charge in [-0.1, -0.05) is 26.0 Å². The molecular formula is C25H39N5O8. The minimum atomic E-state index is -1.23. The number of nitrogens with two attached hydrogens (primary N) is 2. The quantitative estimate of drug-likeness (QED) is 0.118. The van der Waals surface area contributed by atoms with Gasteiger partial charge in [0, 0.05) is 12.8 Å². The van der Waals surface area contributed by atoms with Crippen LogP contribution in [-0.4, -0.2) is 75.7 Å². The lowest BCUT2D eigenvalue weighted by atomic mass is 10.0. The zero-order valence-electron chi connectivity index (χ0n) is 21.7. The fourth-order valence-corrected chi connectivity index (χ4v) is 3.57. The molecular weight excluding hydrogens is 498 g/mol. The van der Waals surface area contributed by atoms with Crippen molar-refractivity contribution < 1.29 is 39.3 Å². The third-order valence-corrected chi connectivity index (χ3v) is 5.83. The van der Waals surface area contributed by atoms with E-state index in [1.54, 1.807) is 26.0 Å². The lowest BCUT2D eigenvalue weighted by molar-refractivity contribution is -0.143. The summed E-state index contributed by atoms with van der Waals surface area (Å²) in [6.07, 6.45) is 0.741. The fourth-order valence-electron chi connectivity index (χ4n) is 3.57. The Hall–Kier alpha value is -3.71. The van der Waals surface area contributed by atoms with E-state index < -0.39 is 59.7 Å². The Morgan fingerprint density at radius 1 is 0.842 bits per heavy atom. The number of phenolic OH excluding ortho intramolecular Hbond substituents is 1. The van der Waals surface area contributed by atoms with Crippen molar-refractivity contribution in [2.24, 2.45) is 17.4 Å². The molecule has 38 heavy (non-hydrogen) atoms. The number of carbonyl (C=O) groups excluding carboxylic acids is 3. The Balaban J connectivity index is 3.13. The minimum absolute atomic E-state index is 0.00598. The van der Waals surface area contributed by atoms with Crippen molar-refractivity contribution in [3.05, 3.63) is 29.8 Å². The molecule has 0 fully saturated rings. The molecule has 0 saturated heterocycles. The molecule has 0 aliphatic rings. The number of aromatic hydroxyl groups is 1. The van der Waals surface area contributed by atoms with Crippen LogP contribution in [0.15, 0.2) is 24.3 Å². The number of phenols is 1. The van der Waals surface area contributed by atoms with E-state index in [0.29, 0.717) is 24.9 Å². The maximum absolute atomic E-state index is 13.2. The second-order valence-electron chi connectivity index (χ2n) is 9.38. The number of nitrogens with one attached hydrogen (secondary N) is 3. The van der Waals surface area contributed by atoms with E-state index in [1.165, 1.54) is 12.1 Å². The normalized spacial score (nSPS) is 14.1. The van der Waals surface area contributed by atoms with Gasteiger partial charge in [-0.05, 0) is 55.8 Å². The van der Waals surface area contributed by atoms with Crippen LogP contribution in [0.4, 0.5) is 0 Å². The summed E-state index contributed by atoms with van der Waals surface area (Å²) in [4.78, 5) is 61.3. The number of carboxylic acid groups (broad SMARTS) is 2. The standard InChI is InChI=1S/C25H39N5O8/c1-14(2)21(25(37)38)30-24(36)19(13-15-6-8-16(31)9-7-15)29-23(35)18(5-3-4-12-26)28-22(34)17(27)10-11-20(32)33/h6-9,14,17-19,21,31H,3-5,10-13,26-27H2,1-2H3,(H,28,34)(H,29,35)(H,30,36)(H,32,33)(H,37,38). The molecule has 0 aromatic heterocycles. The highest BCUT2D eigenvalue weighted by molar-refractivity contribution is 5.94. The van der Waals surface area contributed by atoms with Crippen molar-refractivity contribution in [1.82, 2.24) is 16.0 Å². The molecule has 212 valence electrons. The van der Waals surface area contributed by atoms with Crippen molar-refractivity contribution in [1.29, 1.82) is 0 Å². The van der Waals surface area contributed by atoms with Crippen molar-refractivity contribution >= 4 is 29.7 Å². The van der Waals surface area contributed by atoms with Crippen LogP contribution in [0.5, 0.6) is 5.75 Å². The van der Waals surface area contributed by atoms with Gasteiger partial charge >= 0.3 is 11.9 Å². The number of unbranched alkanes of at least 4 members (excludes halogenated alkanes) is 1. The molecule has 4 atom stereocenters. The predicted octanol–water partition coefficient (Wildman–Crippen LogP) is -0.549. The highest BCUT2D eigenvalue weighted by Crippen LogP contribution is 2.13. The van der Waals surface area contributed by atoms with Crippen LogP contribution in [0.1, 0.15) is 51.5 Å². The first-order valence-corrected chi connectivity index (χ1v) is 12.4. The highest BCUT2D eigenvalue weighted by atomic mass is 16.4. The summed E-state index contributed by atoms with van der Waals surface area (Å²) >= 11 is 0. The predicted molar refractivity (Wildman–Crippen MR) is 138 cm³/mol. The molecule has 1 rings (SSSR count). The van der Waals surface area contributed by atoms with Gasteiger partial charge in [-0.2, -0.15) is 0 Å². The van der Waals surface area contributed by atoms with Crippen LogP contribution in [-0.2, 0) is 30.4 Å². The Labute approximate surface area is 221 Å². The average Bonchev–Trinajstić information content (AvgIpc) is 2.85. The number of carbonyl (C=O) groups is 5. The van der Waals surface area contributed by atoms with Gasteiger partial charge in [-0.15, -0.1) is 0 Å². The second kappa shape index (κ2) is 16.2. The van der Waals surface area contributed by atoms with Crippen molar-refractivity contribution in [3.63, 3.8) is 0 Å². The van der Waals surface area contributed by atoms with Crippen LogP contribution in [0.2, 0.25) is 0 Å². The molecule has 0 bridgehead atoms. The molecule has 0 heterocycles. The summed E-state index contributed by atoms with van der Waals surface area (Å²) in [6, 6.07) is 1.27. The second-order valence-corrected chi connectivity index (χ2v) is 9.38. The summed E-state index contributed by atoms with van der Waals surface area (Å²) < 4.78 is 0. The van der Waals surface area contributed by atoms with E-state index >= 15 is 0 Å². The Kier molecular flexibility index (Phi) is 13.8. The van der Waals surface area contributed by atoms with Crippen molar-refractivity contribution in [3.8, 4) is 5.75 Å². The number of hydrogen-bond acceptors (Lipinski definition) is 8. The van der Waals surface area contributed by atoms with Gasteiger partial charge in [0.2, 0.25) is 17.7 Å². The highest BCUT2D eigenvalue weighted by Gasteiger charge is 2.31. The summed E-state index contributed by atoms with van der Waals surface area (Å²) in [5.41, 5.74) is 11.9. The van der Waals surface area contributed by atoms with Gasteiger partial charge in [0.05, 0.1) is 6.04 Å². The molecule has 4 unspecified atom stereocenters. The first-order chi connectivity index (χ1) is 17.8. The van der Waals surface area contributed by atoms with Crippen molar-refractivity contribution in [2.75, 3.05) is 6.54 Å². The van der Waals surface area contributed by atoms with E-state index in [2.05, 4.69) is 16.0 Å². The van der Waals surface area contributed by atoms with Crippen LogP contribution in [0.3, 0.4) is 0 Å². The molecule has 0 radical (unpaired) electrons. The van der Waals surface area contributed by atoms with E-state index in [4.69, 9.17) is 16.6 Å². The summed E-state index contributed by atoms with van der Waals surface area (Å²) in [6.45, 7) is 3.62.